The number of aliphatic hydroxyl groups is 1. The van der Waals surface area contributed by atoms with Crippen molar-refractivity contribution in [1.29, 1.82) is 0 Å². The number of carbonyl (C=O) groups is 3. The summed E-state index contributed by atoms with van der Waals surface area (Å²) in [5.74, 6) is -3.49. The first-order valence-electron chi connectivity index (χ1n) is 10.9. The van der Waals surface area contributed by atoms with E-state index in [4.69, 9.17) is 10.5 Å². The van der Waals surface area contributed by atoms with Crippen LogP contribution in [0.1, 0.15) is 37.6 Å². The Morgan fingerprint density at radius 2 is 1.69 bits per heavy atom. The highest BCUT2D eigenvalue weighted by Gasteiger charge is 2.26. The first-order chi connectivity index (χ1) is 16.4. The van der Waals surface area contributed by atoms with E-state index in [9.17, 15) is 28.3 Å². The number of nitrogens with two attached hydrogens (primary N) is 1. The second-order valence-corrected chi connectivity index (χ2v) is 8.69. The van der Waals surface area contributed by atoms with Crippen molar-refractivity contribution in [3.63, 3.8) is 0 Å². The number of halogens is 2. The van der Waals surface area contributed by atoms with E-state index in [0.29, 0.717) is 5.56 Å². The molecule has 11 heteroatoms. The molecule has 2 atom stereocenters. The van der Waals surface area contributed by atoms with Crippen molar-refractivity contribution in [2.45, 2.75) is 45.2 Å². The number of hydrogen-bond acceptors (Lipinski definition) is 6. The van der Waals surface area contributed by atoms with E-state index >= 15 is 0 Å². The van der Waals surface area contributed by atoms with E-state index in [1.807, 2.05) is 0 Å². The second kappa shape index (κ2) is 12.3. The fraction of sp³-hybridized carbons (Fsp3) is 0.375. The lowest BCUT2D eigenvalue weighted by Gasteiger charge is -2.27. The van der Waals surface area contributed by atoms with Gasteiger partial charge >= 0.3 is 0 Å². The molecule has 0 bridgehead atoms. The molecule has 190 valence electrons. The first kappa shape index (κ1) is 27.8. The lowest BCUT2D eigenvalue weighted by Crippen LogP contribution is -2.52. The van der Waals surface area contributed by atoms with Crippen LogP contribution in [0, 0.1) is 11.6 Å². The second-order valence-electron chi connectivity index (χ2n) is 8.69. The topological polar surface area (TPSA) is 143 Å². The number of nitrogens with one attached hydrogen (secondary N) is 3. The molecule has 0 heterocycles. The predicted octanol–water partition coefficient (Wildman–Crippen LogP) is 1.40. The quantitative estimate of drug-likeness (QED) is 0.237. The van der Waals surface area contributed by atoms with Gasteiger partial charge in [-0.3, -0.25) is 19.7 Å². The number of rotatable bonds is 11. The molecule has 2 aromatic carbocycles. The van der Waals surface area contributed by atoms with E-state index in [1.54, 1.807) is 26.8 Å². The number of amides is 3. The standard InChI is InChI=1S/C24H30F2N4O5/c1-24(2,3)35-23(34)30-19(13-20(27)31)22(33)29-11-10-28-21(32)16-12-14(8-9-18(16)26)15-6-4-5-7-17(15)25/h4-9,12,19,23,30,34H,10-11,13H2,1-3H3,(H2,27,31)(H,28,32)(H,29,33)/t19-,23?/m0/s1. The van der Waals surface area contributed by atoms with Crippen LogP contribution >= 0.6 is 0 Å². The maximum atomic E-state index is 14.2. The van der Waals surface area contributed by atoms with Crippen molar-refractivity contribution in [2.24, 2.45) is 5.73 Å². The van der Waals surface area contributed by atoms with Crippen LogP contribution in [0.15, 0.2) is 42.5 Å². The SMILES string of the molecule is CC(C)(C)OC(O)N[C@@H](CC(N)=O)C(=O)NCCNC(=O)c1cc(-c2ccccc2F)ccc1F. The third kappa shape index (κ3) is 9.04. The Hall–Kier alpha value is -3.41. The summed E-state index contributed by atoms with van der Waals surface area (Å²) >= 11 is 0. The fourth-order valence-electron chi connectivity index (χ4n) is 3.11. The number of primary amides is 1. The molecule has 35 heavy (non-hydrogen) atoms. The Kier molecular flexibility index (Phi) is 9.81. The van der Waals surface area contributed by atoms with Crippen LogP contribution in [0.4, 0.5) is 8.78 Å². The van der Waals surface area contributed by atoms with Crippen LogP contribution < -0.4 is 21.7 Å². The average molecular weight is 493 g/mol. The molecule has 3 amide bonds. The summed E-state index contributed by atoms with van der Waals surface area (Å²) in [4.78, 5) is 36.2. The van der Waals surface area contributed by atoms with Crippen LogP contribution in [0.2, 0.25) is 0 Å². The molecular formula is C24H30F2N4O5. The summed E-state index contributed by atoms with van der Waals surface area (Å²) in [6.45, 7) is 4.94. The summed E-state index contributed by atoms with van der Waals surface area (Å²) < 4.78 is 33.5. The molecule has 0 fully saturated rings. The van der Waals surface area contributed by atoms with Crippen LogP contribution in [-0.4, -0.2) is 54.0 Å². The molecule has 0 saturated heterocycles. The third-order valence-electron chi connectivity index (χ3n) is 4.64. The summed E-state index contributed by atoms with van der Waals surface area (Å²) in [5, 5.41) is 17.4. The Morgan fingerprint density at radius 3 is 2.31 bits per heavy atom. The Balaban J connectivity index is 1.94. The lowest BCUT2D eigenvalue weighted by molar-refractivity contribution is -0.187. The number of hydrogen-bond donors (Lipinski definition) is 5. The molecule has 0 aliphatic rings. The van der Waals surface area contributed by atoms with Gasteiger partial charge in [-0.05, 0) is 44.5 Å². The molecule has 9 nitrogen and oxygen atoms in total. The van der Waals surface area contributed by atoms with Gasteiger partial charge in [0.25, 0.3) is 5.91 Å². The largest absolute Gasteiger partial charge is 0.370 e. The summed E-state index contributed by atoms with van der Waals surface area (Å²) in [6.07, 6.45) is -1.94. The fourth-order valence-corrected chi connectivity index (χ4v) is 3.11. The number of aliphatic hydroxyl groups excluding tert-OH is 1. The van der Waals surface area contributed by atoms with Gasteiger partial charge in [0.2, 0.25) is 18.2 Å². The molecule has 0 aromatic heterocycles. The van der Waals surface area contributed by atoms with Crippen LogP contribution in [-0.2, 0) is 14.3 Å². The minimum absolute atomic E-state index is 0.0631. The molecular weight excluding hydrogens is 462 g/mol. The summed E-state index contributed by atoms with van der Waals surface area (Å²) in [5.41, 5.74) is 4.72. The van der Waals surface area contributed by atoms with Gasteiger partial charge in [-0.2, -0.15) is 0 Å². The van der Waals surface area contributed by atoms with Gasteiger partial charge in [0.1, 0.15) is 11.6 Å². The minimum atomic E-state index is -1.53. The minimum Gasteiger partial charge on any atom is -0.370 e. The number of carbonyl (C=O) groups excluding carboxylic acids is 3. The Bertz CT molecular complexity index is 1060. The van der Waals surface area contributed by atoms with E-state index < -0.39 is 53.8 Å². The summed E-state index contributed by atoms with van der Waals surface area (Å²) in [7, 11) is 0. The maximum Gasteiger partial charge on any atom is 0.254 e. The highest BCUT2D eigenvalue weighted by atomic mass is 19.1. The number of ether oxygens (including phenoxy) is 1. The van der Waals surface area contributed by atoms with Gasteiger partial charge in [0.05, 0.1) is 23.6 Å². The van der Waals surface area contributed by atoms with E-state index in [-0.39, 0.29) is 24.2 Å². The van der Waals surface area contributed by atoms with Gasteiger partial charge in [-0.15, -0.1) is 0 Å². The maximum absolute atomic E-state index is 14.2. The molecule has 2 aromatic rings. The first-order valence-corrected chi connectivity index (χ1v) is 10.9. The zero-order valence-electron chi connectivity index (χ0n) is 19.7. The van der Waals surface area contributed by atoms with Crippen LogP contribution in [0.3, 0.4) is 0 Å². The third-order valence-corrected chi connectivity index (χ3v) is 4.64. The normalized spacial score (nSPS) is 13.1. The highest BCUT2D eigenvalue weighted by molar-refractivity contribution is 5.95. The molecule has 0 saturated carbocycles. The smallest absolute Gasteiger partial charge is 0.254 e. The molecule has 6 N–H and O–H groups in total. The van der Waals surface area contributed by atoms with Crippen molar-refractivity contribution in [3.05, 3.63) is 59.7 Å². The molecule has 0 aliphatic heterocycles. The van der Waals surface area contributed by atoms with E-state index in [2.05, 4.69) is 16.0 Å². The van der Waals surface area contributed by atoms with Gasteiger partial charge in [-0.1, -0.05) is 24.3 Å². The highest BCUT2D eigenvalue weighted by Crippen LogP contribution is 2.24. The van der Waals surface area contributed by atoms with E-state index in [0.717, 1.165) is 6.07 Å². The molecule has 0 radical (unpaired) electrons. The Labute approximate surface area is 202 Å². The van der Waals surface area contributed by atoms with Gasteiger partial charge < -0.3 is 26.2 Å². The van der Waals surface area contributed by atoms with Gasteiger partial charge in [-0.25, -0.2) is 8.78 Å². The lowest BCUT2D eigenvalue weighted by atomic mass is 10.0. The molecule has 0 aliphatic carbocycles. The monoisotopic (exact) mass is 492 g/mol. The molecule has 0 spiro atoms. The van der Waals surface area contributed by atoms with Crippen LogP contribution in [0.25, 0.3) is 11.1 Å². The predicted molar refractivity (Wildman–Crippen MR) is 125 cm³/mol. The van der Waals surface area contributed by atoms with Gasteiger partial charge in [0, 0.05) is 18.7 Å². The zero-order valence-corrected chi connectivity index (χ0v) is 19.7. The van der Waals surface area contributed by atoms with Crippen molar-refractivity contribution in [1.82, 2.24) is 16.0 Å². The number of benzene rings is 2. The van der Waals surface area contributed by atoms with Crippen molar-refractivity contribution >= 4 is 17.7 Å². The van der Waals surface area contributed by atoms with Crippen molar-refractivity contribution in [2.75, 3.05) is 13.1 Å². The van der Waals surface area contributed by atoms with Crippen molar-refractivity contribution < 1.29 is 33.0 Å². The Morgan fingerprint density at radius 1 is 1.03 bits per heavy atom. The molecule has 2 rings (SSSR count). The van der Waals surface area contributed by atoms with Gasteiger partial charge in [0.15, 0.2) is 0 Å². The average Bonchev–Trinajstić information content (AvgIpc) is 2.75. The van der Waals surface area contributed by atoms with Crippen LogP contribution in [0.5, 0.6) is 0 Å². The van der Waals surface area contributed by atoms with Crippen molar-refractivity contribution in [3.8, 4) is 11.1 Å². The molecule has 1 unspecified atom stereocenters. The summed E-state index contributed by atoms with van der Waals surface area (Å²) in [6, 6.07) is 8.42. The zero-order chi connectivity index (χ0) is 26.2. The van der Waals surface area contributed by atoms with E-state index in [1.165, 1.54) is 30.3 Å².